The predicted octanol–water partition coefficient (Wildman–Crippen LogP) is 2.57. The van der Waals surface area contributed by atoms with Crippen molar-refractivity contribution in [2.75, 3.05) is 18.5 Å². The van der Waals surface area contributed by atoms with Crippen molar-refractivity contribution in [3.8, 4) is 0 Å². The van der Waals surface area contributed by atoms with Gasteiger partial charge in [0.1, 0.15) is 11.2 Å². The second-order valence-corrected chi connectivity index (χ2v) is 6.93. The van der Waals surface area contributed by atoms with E-state index in [-0.39, 0.29) is 6.61 Å². The molecule has 0 unspecified atom stereocenters. The first kappa shape index (κ1) is 13.9. The van der Waals surface area contributed by atoms with E-state index in [9.17, 15) is 0 Å². The lowest BCUT2D eigenvalue weighted by Crippen LogP contribution is -2.10. The first-order valence-corrected chi connectivity index (χ1v) is 8.61. The molecule has 1 atom stereocenters. The molecule has 22 heavy (non-hydrogen) atoms. The summed E-state index contributed by atoms with van der Waals surface area (Å²) in [5.74, 6) is 1.27. The number of aromatic nitrogens is 4. The van der Waals surface area contributed by atoms with Gasteiger partial charge in [0.2, 0.25) is 5.95 Å². The summed E-state index contributed by atoms with van der Waals surface area (Å²) in [7, 11) is 0. The maximum absolute atomic E-state index is 8.94. The zero-order valence-corrected chi connectivity index (χ0v) is 13.4. The van der Waals surface area contributed by atoms with Gasteiger partial charge in [-0.15, -0.1) is 11.3 Å². The Morgan fingerprint density at radius 3 is 3.27 bits per heavy atom. The van der Waals surface area contributed by atoms with Gasteiger partial charge in [0.25, 0.3) is 0 Å². The molecule has 0 amide bonds. The monoisotopic (exact) mass is 317 g/mol. The fraction of sp³-hybridized carbons (Fsp3) is 0.533. The zero-order valence-electron chi connectivity index (χ0n) is 12.5. The van der Waals surface area contributed by atoms with Gasteiger partial charge >= 0.3 is 0 Å². The molecule has 3 heterocycles. The van der Waals surface area contributed by atoms with E-state index < -0.39 is 0 Å². The SMILES string of the molecule is C[C@H]1CCCc2sc3nc(NCCCO)n4ncnc4c3c21. The predicted molar refractivity (Wildman–Crippen MR) is 87.7 cm³/mol. The molecule has 0 saturated carbocycles. The fourth-order valence-corrected chi connectivity index (χ4v) is 4.62. The number of fused-ring (bicyclic) bond motifs is 5. The minimum absolute atomic E-state index is 0.167. The van der Waals surface area contributed by atoms with Crippen LogP contribution >= 0.6 is 11.3 Å². The number of aryl methyl sites for hydroxylation is 1. The molecule has 1 aliphatic rings. The van der Waals surface area contributed by atoms with Gasteiger partial charge in [0.05, 0.1) is 5.39 Å². The van der Waals surface area contributed by atoms with Crippen LogP contribution in [-0.4, -0.2) is 37.8 Å². The molecule has 0 aromatic carbocycles. The van der Waals surface area contributed by atoms with E-state index in [1.807, 2.05) is 0 Å². The summed E-state index contributed by atoms with van der Waals surface area (Å²) in [4.78, 5) is 11.8. The standard InChI is InChI=1S/C15H19N5OS/c1-9-4-2-5-10-11(9)12-13-17-8-18-20(13)15(16-6-3-7-21)19-14(12)22-10/h8-9,21H,2-7H2,1H3,(H,16,19)/t9-/m0/s1. The first-order chi connectivity index (χ1) is 10.8. The molecule has 1 aliphatic carbocycles. The van der Waals surface area contributed by atoms with Crippen LogP contribution in [-0.2, 0) is 6.42 Å². The van der Waals surface area contributed by atoms with Crippen LogP contribution in [0.5, 0.6) is 0 Å². The molecule has 0 spiro atoms. The summed E-state index contributed by atoms with van der Waals surface area (Å²) in [6, 6.07) is 0. The molecule has 0 fully saturated rings. The number of nitrogens with one attached hydrogen (secondary N) is 1. The molecule has 3 aromatic rings. The Balaban J connectivity index is 1.91. The highest BCUT2D eigenvalue weighted by atomic mass is 32.1. The number of thiophene rings is 1. The van der Waals surface area contributed by atoms with Crippen molar-refractivity contribution in [2.45, 2.75) is 38.5 Å². The zero-order chi connectivity index (χ0) is 15.1. The molecule has 7 heteroatoms. The first-order valence-electron chi connectivity index (χ1n) is 7.79. The lowest BCUT2D eigenvalue weighted by Gasteiger charge is -2.18. The Morgan fingerprint density at radius 1 is 1.50 bits per heavy atom. The van der Waals surface area contributed by atoms with Crippen LogP contribution in [0.2, 0.25) is 0 Å². The Morgan fingerprint density at radius 2 is 2.41 bits per heavy atom. The quantitative estimate of drug-likeness (QED) is 0.723. The fourth-order valence-electron chi connectivity index (χ4n) is 3.30. The number of rotatable bonds is 4. The highest BCUT2D eigenvalue weighted by Gasteiger charge is 2.25. The Hall–Kier alpha value is -1.73. The maximum Gasteiger partial charge on any atom is 0.227 e. The summed E-state index contributed by atoms with van der Waals surface area (Å²) < 4.78 is 1.79. The van der Waals surface area contributed by atoms with Gasteiger partial charge in [-0.25, -0.2) is 9.97 Å². The van der Waals surface area contributed by atoms with Gasteiger partial charge in [-0.3, -0.25) is 0 Å². The minimum atomic E-state index is 0.167. The van der Waals surface area contributed by atoms with Crippen molar-refractivity contribution in [2.24, 2.45) is 0 Å². The molecule has 0 saturated heterocycles. The number of aliphatic hydroxyl groups excluding tert-OH is 1. The van der Waals surface area contributed by atoms with Crippen LogP contribution in [0.25, 0.3) is 15.9 Å². The topological polar surface area (TPSA) is 75.3 Å². The summed E-state index contributed by atoms with van der Waals surface area (Å²) in [5.41, 5.74) is 2.32. The van der Waals surface area contributed by atoms with E-state index in [2.05, 4.69) is 22.3 Å². The van der Waals surface area contributed by atoms with Crippen molar-refractivity contribution < 1.29 is 5.11 Å². The van der Waals surface area contributed by atoms with Crippen molar-refractivity contribution in [1.29, 1.82) is 0 Å². The van der Waals surface area contributed by atoms with Gasteiger partial charge in [0.15, 0.2) is 5.65 Å². The van der Waals surface area contributed by atoms with Gasteiger partial charge in [-0.05, 0) is 37.2 Å². The molecular weight excluding hydrogens is 298 g/mol. The van der Waals surface area contributed by atoms with Crippen LogP contribution in [0.15, 0.2) is 6.33 Å². The number of nitrogens with zero attached hydrogens (tertiary/aromatic N) is 4. The lowest BCUT2D eigenvalue weighted by molar-refractivity contribution is 0.292. The van der Waals surface area contributed by atoms with Crippen LogP contribution in [0.4, 0.5) is 5.95 Å². The molecule has 4 rings (SSSR count). The highest BCUT2D eigenvalue weighted by Crippen LogP contribution is 2.43. The number of anilines is 1. The number of aliphatic hydroxyl groups is 1. The van der Waals surface area contributed by atoms with Crippen LogP contribution < -0.4 is 5.32 Å². The minimum Gasteiger partial charge on any atom is -0.396 e. The third kappa shape index (κ3) is 2.07. The summed E-state index contributed by atoms with van der Waals surface area (Å²) in [6.07, 6.45) is 5.91. The summed E-state index contributed by atoms with van der Waals surface area (Å²) in [5, 5.41) is 17.7. The van der Waals surface area contributed by atoms with Gasteiger partial charge in [-0.1, -0.05) is 6.92 Å². The third-order valence-corrected chi connectivity index (χ3v) is 5.49. The van der Waals surface area contributed by atoms with Crippen molar-refractivity contribution in [3.63, 3.8) is 0 Å². The van der Waals surface area contributed by atoms with Crippen molar-refractivity contribution >= 4 is 33.1 Å². The molecule has 116 valence electrons. The van der Waals surface area contributed by atoms with Crippen LogP contribution in [0.3, 0.4) is 0 Å². The molecule has 0 bridgehead atoms. The van der Waals surface area contributed by atoms with Gasteiger partial charge < -0.3 is 10.4 Å². The normalized spacial score (nSPS) is 18.0. The Labute approximate surface area is 132 Å². The highest BCUT2D eigenvalue weighted by molar-refractivity contribution is 7.19. The average molecular weight is 317 g/mol. The molecule has 0 aliphatic heterocycles. The third-order valence-electron chi connectivity index (χ3n) is 4.33. The smallest absolute Gasteiger partial charge is 0.227 e. The van der Waals surface area contributed by atoms with E-state index >= 15 is 0 Å². The van der Waals surface area contributed by atoms with E-state index in [1.165, 1.54) is 28.7 Å². The van der Waals surface area contributed by atoms with Crippen molar-refractivity contribution in [3.05, 3.63) is 16.8 Å². The van der Waals surface area contributed by atoms with Crippen LogP contribution in [0.1, 0.15) is 42.5 Å². The van der Waals surface area contributed by atoms with E-state index in [1.54, 1.807) is 22.2 Å². The number of hydrogen-bond acceptors (Lipinski definition) is 6. The number of hydrogen-bond donors (Lipinski definition) is 2. The second kappa shape index (κ2) is 5.48. The van der Waals surface area contributed by atoms with Gasteiger partial charge in [0, 0.05) is 18.0 Å². The Kier molecular flexibility index (Phi) is 3.46. The molecular formula is C15H19N5OS. The van der Waals surface area contributed by atoms with E-state index in [0.29, 0.717) is 24.8 Å². The molecule has 0 radical (unpaired) electrons. The average Bonchev–Trinajstić information content (AvgIpc) is 3.11. The molecule has 2 N–H and O–H groups in total. The van der Waals surface area contributed by atoms with E-state index in [0.717, 1.165) is 16.9 Å². The van der Waals surface area contributed by atoms with E-state index in [4.69, 9.17) is 10.1 Å². The second-order valence-electron chi connectivity index (χ2n) is 5.85. The molecule has 6 nitrogen and oxygen atoms in total. The lowest BCUT2D eigenvalue weighted by atomic mass is 9.87. The Bertz CT molecular complexity index is 824. The summed E-state index contributed by atoms with van der Waals surface area (Å²) in [6.45, 7) is 3.14. The van der Waals surface area contributed by atoms with Gasteiger partial charge in [-0.2, -0.15) is 9.61 Å². The summed E-state index contributed by atoms with van der Waals surface area (Å²) >= 11 is 1.79. The maximum atomic E-state index is 8.94. The van der Waals surface area contributed by atoms with Crippen molar-refractivity contribution in [1.82, 2.24) is 19.6 Å². The molecule has 3 aromatic heterocycles. The largest absolute Gasteiger partial charge is 0.396 e. The van der Waals surface area contributed by atoms with Crippen LogP contribution in [0, 0.1) is 0 Å².